The van der Waals surface area contributed by atoms with Crippen molar-refractivity contribution in [2.24, 2.45) is 10.2 Å². The number of nitrogens with zero attached hydrogens (tertiary/aromatic N) is 2. The predicted octanol–water partition coefficient (Wildman–Crippen LogP) is 4.47. The summed E-state index contributed by atoms with van der Waals surface area (Å²) in [6, 6.07) is 16.4. The zero-order valence-corrected chi connectivity index (χ0v) is 9.78. The molecule has 0 aliphatic carbocycles. The fourth-order valence-corrected chi connectivity index (χ4v) is 1.49. The second-order valence-electron chi connectivity index (χ2n) is 3.62. The molecule has 18 heavy (non-hydrogen) atoms. The van der Waals surface area contributed by atoms with Crippen LogP contribution in [0.2, 0.25) is 0 Å². The second kappa shape index (κ2) is 5.68. The number of hydrogen-bond donors (Lipinski definition) is 0. The lowest BCUT2D eigenvalue weighted by atomic mass is 10.1. The maximum atomic E-state index is 11.6. The normalized spacial score (nSPS) is 10.4. The molecule has 2 aromatic rings. The highest BCUT2D eigenvalue weighted by atomic mass is 16.1. The van der Waals surface area contributed by atoms with E-state index in [0.717, 1.165) is 5.69 Å². The van der Waals surface area contributed by atoms with Crippen molar-refractivity contribution in [3.05, 3.63) is 72.8 Å². The van der Waals surface area contributed by atoms with Gasteiger partial charge in [0, 0.05) is 5.56 Å². The molecule has 0 saturated carbocycles. The van der Waals surface area contributed by atoms with Crippen LogP contribution in [0.5, 0.6) is 0 Å². The van der Waals surface area contributed by atoms with Gasteiger partial charge >= 0.3 is 0 Å². The van der Waals surface area contributed by atoms with Crippen molar-refractivity contribution < 1.29 is 4.79 Å². The summed E-state index contributed by atoms with van der Waals surface area (Å²) in [5.41, 5.74) is 1.80. The van der Waals surface area contributed by atoms with Crippen LogP contribution < -0.4 is 0 Å². The summed E-state index contributed by atoms with van der Waals surface area (Å²) >= 11 is 0. The Hall–Kier alpha value is -2.55. The van der Waals surface area contributed by atoms with Gasteiger partial charge in [0.1, 0.15) is 0 Å². The van der Waals surface area contributed by atoms with Crippen molar-refractivity contribution in [1.29, 1.82) is 0 Å². The standard InChI is InChI=1S/C15H12N2O/c1-2-15(18)13-10-6-7-11-14(13)17-16-12-8-4-3-5-9-12/h2-11H,1H2. The number of benzene rings is 2. The Labute approximate surface area is 106 Å². The Bertz CT molecular complexity index is 588. The molecule has 0 N–H and O–H groups in total. The van der Waals surface area contributed by atoms with E-state index in [-0.39, 0.29) is 5.78 Å². The van der Waals surface area contributed by atoms with Crippen molar-refractivity contribution in [3.8, 4) is 0 Å². The molecule has 0 aliphatic rings. The van der Waals surface area contributed by atoms with Gasteiger partial charge in [0.15, 0.2) is 5.78 Å². The number of rotatable bonds is 4. The molecular formula is C15H12N2O. The third-order valence-electron chi connectivity index (χ3n) is 2.38. The van der Waals surface area contributed by atoms with Gasteiger partial charge in [-0.15, -0.1) is 5.11 Å². The minimum absolute atomic E-state index is 0.155. The highest BCUT2D eigenvalue weighted by molar-refractivity contribution is 6.07. The third-order valence-corrected chi connectivity index (χ3v) is 2.38. The van der Waals surface area contributed by atoms with Gasteiger partial charge in [0.25, 0.3) is 0 Å². The molecule has 0 amide bonds. The van der Waals surface area contributed by atoms with Gasteiger partial charge in [-0.05, 0) is 30.3 Å². The number of carbonyl (C=O) groups is 1. The zero-order chi connectivity index (χ0) is 12.8. The molecule has 0 atom stereocenters. The van der Waals surface area contributed by atoms with E-state index in [4.69, 9.17) is 0 Å². The number of azo groups is 1. The van der Waals surface area contributed by atoms with E-state index >= 15 is 0 Å². The summed E-state index contributed by atoms with van der Waals surface area (Å²) in [6.45, 7) is 3.47. The van der Waals surface area contributed by atoms with Crippen LogP contribution in [0, 0.1) is 0 Å². The molecule has 3 nitrogen and oxygen atoms in total. The molecule has 0 radical (unpaired) electrons. The van der Waals surface area contributed by atoms with Crippen molar-refractivity contribution in [3.63, 3.8) is 0 Å². The number of carbonyl (C=O) groups excluding carboxylic acids is 1. The molecule has 0 fully saturated rings. The second-order valence-corrected chi connectivity index (χ2v) is 3.62. The predicted molar refractivity (Wildman–Crippen MR) is 71.6 cm³/mol. The summed E-state index contributed by atoms with van der Waals surface area (Å²) in [7, 11) is 0. The minimum atomic E-state index is -0.155. The van der Waals surface area contributed by atoms with Gasteiger partial charge in [0.05, 0.1) is 11.4 Å². The fraction of sp³-hybridized carbons (Fsp3) is 0. The molecule has 0 saturated heterocycles. The largest absolute Gasteiger partial charge is 0.289 e. The van der Waals surface area contributed by atoms with Gasteiger partial charge in [-0.2, -0.15) is 5.11 Å². The summed E-state index contributed by atoms with van der Waals surface area (Å²) in [4.78, 5) is 11.6. The van der Waals surface area contributed by atoms with Crippen LogP contribution >= 0.6 is 0 Å². The molecule has 0 bridgehead atoms. The highest BCUT2D eigenvalue weighted by Gasteiger charge is 2.06. The average Bonchev–Trinajstić information content (AvgIpc) is 2.45. The molecule has 2 rings (SSSR count). The molecule has 0 aromatic heterocycles. The van der Waals surface area contributed by atoms with Crippen molar-refractivity contribution >= 4 is 17.2 Å². The molecule has 0 unspecified atom stereocenters. The van der Waals surface area contributed by atoms with Crippen LogP contribution in [0.4, 0.5) is 11.4 Å². The van der Waals surface area contributed by atoms with E-state index in [1.165, 1.54) is 6.08 Å². The van der Waals surface area contributed by atoms with Crippen molar-refractivity contribution in [1.82, 2.24) is 0 Å². The van der Waals surface area contributed by atoms with Gasteiger partial charge in [-0.1, -0.05) is 36.9 Å². The molecule has 3 heteroatoms. The van der Waals surface area contributed by atoms with Gasteiger partial charge in [-0.3, -0.25) is 4.79 Å². The first kappa shape index (κ1) is 11.9. The van der Waals surface area contributed by atoms with Crippen LogP contribution in [-0.2, 0) is 0 Å². The first-order valence-electron chi connectivity index (χ1n) is 5.54. The molecule has 0 heterocycles. The monoisotopic (exact) mass is 236 g/mol. The summed E-state index contributed by atoms with van der Waals surface area (Å²) in [5, 5.41) is 8.19. The van der Waals surface area contributed by atoms with Crippen molar-refractivity contribution in [2.45, 2.75) is 0 Å². The first-order valence-corrected chi connectivity index (χ1v) is 5.54. The van der Waals surface area contributed by atoms with E-state index in [1.54, 1.807) is 18.2 Å². The van der Waals surface area contributed by atoms with Gasteiger partial charge in [0.2, 0.25) is 0 Å². The highest BCUT2D eigenvalue weighted by Crippen LogP contribution is 2.22. The third kappa shape index (κ3) is 2.77. The lowest BCUT2D eigenvalue weighted by Crippen LogP contribution is -1.93. The van der Waals surface area contributed by atoms with Crippen LogP contribution in [0.3, 0.4) is 0 Å². The van der Waals surface area contributed by atoms with E-state index in [9.17, 15) is 4.79 Å². The number of ketones is 1. The summed E-state index contributed by atoms with van der Waals surface area (Å²) < 4.78 is 0. The lowest BCUT2D eigenvalue weighted by molar-refractivity contribution is 0.104. The Morgan fingerprint density at radius 2 is 1.61 bits per heavy atom. The smallest absolute Gasteiger partial charge is 0.187 e. The molecular weight excluding hydrogens is 224 g/mol. The Morgan fingerprint density at radius 3 is 2.33 bits per heavy atom. The van der Waals surface area contributed by atoms with Gasteiger partial charge < -0.3 is 0 Å². The molecule has 0 aliphatic heterocycles. The quantitative estimate of drug-likeness (QED) is 0.438. The Kier molecular flexibility index (Phi) is 3.76. The van der Waals surface area contributed by atoms with Crippen LogP contribution in [0.25, 0.3) is 0 Å². The Morgan fingerprint density at radius 1 is 0.944 bits per heavy atom. The number of hydrogen-bond acceptors (Lipinski definition) is 3. The fourth-order valence-electron chi connectivity index (χ4n) is 1.49. The first-order chi connectivity index (χ1) is 8.81. The van der Waals surface area contributed by atoms with E-state index in [1.807, 2.05) is 36.4 Å². The van der Waals surface area contributed by atoms with E-state index in [0.29, 0.717) is 11.3 Å². The molecule has 88 valence electrons. The van der Waals surface area contributed by atoms with Crippen molar-refractivity contribution in [2.75, 3.05) is 0 Å². The lowest BCUT2D eigenvalue weighted by Gasteiger charge is -1.99. The molecule has 0 spiro atoms. The maximum absolute atomic E-state index is 11.6. The Balaban J connectivity index is 2.32. The maximum Gasteiger partial charge on any atom is 0.187 e. The zero-order valence-electron chi connectivity index (χ0n) is 9.78. The SMILES string of the molecule is C=CC(=O)c1ccccc1N=Nc1ccccc1. The topological polar surface area (TPSA) is 41.8 Å². The molecule has 2 aromatic carbocycles. The van der Waals surface area contributed by atoms with Crippen LogP contribution in [0.1, 0.15) is 10.4 Å². The number of allylic oxidation sites excluding steroid dienone is 1. The summed E-state index contributed by atoms with van der Waals surface area (Å²) in [5.74, 6) is -0.155. The van der Waals surface area contributed by atoms with E-state index in [2.05, 4.69) is 16.8 Å². The summed E-state index contributed by atoms with van der Waals surface area (Å²) in [6.07, 6.45) is 1.27. The van der Waals surface area contributed by atoms with Crippen LogP contribution in [-0.4, -0.2) is 5.78 Å². The van der Waals surface area contributed by atoms with Crippen LogP contribution in [0.15, 0.2) is 77.5 Å². The average molecular weight is 236 g/mol. The van der Waals surface area contributed by atoms with Gasteiger partial charge in [-0.25, -0.2) is 0 Å². The minimum Gasteiger partial charge on any atom is -0.289 e. The van der Waals surface area contributed by atoms with E-state index < -0.39 is 0 Å².